The molecule has 0 radical (unpaired) electrons. The Hall–Kier alpha value is -0.820. The number of aryl methyl sites for hydroxylation is 1. The third-order valence-corrected chi connectivity index (χ3v) is 4.00. The zero-order valence-electron chi connectivity index (χ0n) is 9.42. The second kappa shape index (κ2) is 3.34. The van der Waals surface area contributed by atoms with Crippen molar-refractivity contribution in [2.24, 2.45) is 5.92 Å². The first-order valence-electron chi connectivity index (χ1n) is 6.13. The van der Waals surface area contributed by atoms with Crippen molar-refractivity contribution in [3.8, 4) is 0 Å². The van der Waals surface area contributed by atoms with E-state index in [-0.39, 0.29) is 0 Å². The van der Waals surface area contributed by atoms with Crippen LogP contribution in [0.3, 0.4) is 0 Å². The van der Waals surface area contributed by atoms with E-state index < -0.39 is 0 Å². The quantitative estimate of drug-likeness (QED) is 0.775. The summed E-state index contributed by atoms with van der Waals surface area (Å²) in [6.07, 6.45) is 5.51. The molecule has 1 nitrogen and oxygen atoms in total. The molecule has 1 atom stereocenters. The molecule has 1 aromatic rings. The van der Waals surface area contributed by atoms with Gasteiger partial charge < -0.3 is 5.32 Å². The van der Waals surface area contributed by atoms with Crippen molar-refractivity contribution in [2.45, 2.75) is 38.1 Å². The van der Waals surface area contributed by atoms with Crippen LogP contribution < -0.4 is 5.32 Å². The van der Waals surface area contributed by atoms with Crippen molar-refractivity contribution in [2.75, 3.05) is 6.54 Å². The molecule has 1 saturated carbocycles. The average Bonchev–Trinajstić information content (AvgIpc) is 2.98. The molecule has 0 spiro atoms. The summed E-state index contributed by atoms with van der Waals surface area (Å²) in [5.74, 6) is 0.904. The van der Waals surface area contributed by atoms with Gasteiger partial charge in [-0.15, -0.1) is 0 Å². The molecule has 1 aliphatic carbocycles. The highest BCUT2D eigenvalue weighted by atomic mass is 15.0. The van der Waals surface area contributed by atoms with Gasteiger partial charge in [-0.2, -0.15) is 0 Å². The average molecular weight is 201 g/mol. The zero-order valence-corrected chi connectivity index (χ0v) is 9.42. The fourth-order valence-electron chi connectivity index (χ4n) is 3.10. The molecule has 80 valence electrons. The summed E-state index contributed by atoms with van der Waals surface area (Å²) in [6, 6.07) is 9.08. The molecular formula is C14H19N. The molecule has 0 bridgehead atoms. The molecule has 15 heavy (non-hydrogen) atoms. The van der Waals surface area contributed by atoms with Gasteiger partial charge in [0.15, 0.2) is 0 Å². The predicted octanol–water partition coefficient (Wildman–Crippen LogP) is 2.98. The summed E-state index contributed by atoms with van der Waals surface area (Å²) in [5, 5.41) is 3.78. The number of nitrogens with one attached hydrogen (secondary N) is 1. The Kier molecular flexibility index (Phi) is 2.10. The normalized spacial score (nSPS) is 30.7. The van der Waals surface area contributed by atoms with Gasteiger partial charge in [-0.3, -0.25) is 0 Å². The largest absolute Gasteiger partial charge is 0.307 e. The molecule has 0 amide bonds. The van der Waals surface area contributed by atoms with Crippen LogP contribution in [0.1, 0.15) is 36.8 Å². The summed E-state index contributed by atoms with van der Waals surface area (Å²) in [7, 11) is 0. The molecular weight excluding hydrogens is 182 g/mol. The van der Waals surface area contributed by atoms with Gasteiger partial charge in [0.05, 0.1) is 0 Å². The maximum absolute atomic E-state index is 3.78. The smallest absolute Gasteiger partial charge is 0.0463 e. The lowest BCUT2D eigenvalue weighted by molar-refractivity contribution is 0.336. The van der Waals surface area contributed by atoms with Crippen LogP contribution in [-0.4, -0.2) is 6.54 Å². The summed E-state index contributed by atoms with van der Waals surface area (Å²) in [4.78, 5) is 0. The fourth-order valence-corrected chi connectivity index (χ4v) is 3.10. The Labute approximate surface area is 91.9 Å². The van der Waals surface area contributed by atoms with Gasteiger partial charge in [-0.1, -0.05) is 29.8 Å². The van der Waals surface area contributed by atoms with Crippen LogP contribution in [0.2, 0.25) is 0 Å². The second-order valence-corrected chi connectivity index (χ2v) is 5.15. The monoisotopic (exact) mass is 201 g/mol. The van der Waals surface area contributed by atoms with Crippen LogP contribution in [0.4, 0.5) is 0 Å². The first-order valence-corrected chi connectivity index (χ1v) is 6.13. The van der Waals surface area contributed by atoms with Crippen LogP contribution in [0, 0.1) is 12.8 Å². The second-order valence-electron chi connectivity index (χ2n) is 5.15. The first kappa shape index (κ1) is 9.41. The minimum atomic E-state index is 0.339. The molecule has 2 aliphatic rings. The van der Waals surface area contributed by atoms with E-state index in [4.69, 9.17) is 0 Å². The van der Waals surface area contributed by atoms with E-state index in [9.17, 15) is 0 Å². The molecule has 0 aromatic heterocycles. The highest BCUT2D eigenvalue weighted by molar-refractivity contribution is 5.32. The van der Waals surface area contributed by atoms with Crippen molar-refractivity contribution < 1.29 is 0 Å². The van der Waals surface area contributed by atoms with E-state index in [0.29, 0.717) is 5.54 Å². The molecule has 1 heteroatoms. The highest BCUT2D eigenvalue weighted by Gasteiger charge is 2.47. The minimum absolute atomic E-state index is 0.339. The predicted molar refractivity (Wildman–Crippen MR) is 62.8 cm³/mol. The Morgan fingerprint density at radius 2 is 2.20 bits per heavy atom. The third-order valence-electron chi connectivity index (χ3n) is 4.00. The highest BCUT2D eigenvalue weighted by Crippen LogP contribution is 2.50. The lowest BCUT2D eigenvalue weighted by atomic mass is 9.83. The molecule has 1 aliphatic heterocycles. The Balaban J connectivity index is 2.01. The maximum atomic E-state index is 3.78. The van der Waals surface area contributed by atoms with Crippen LogP contribution in [0.25, 0.3) is 0 Å². The van der Waals surface area contributed by atoms with Gasteiger partial charge in [0, 0.05) is 5.54 Å². The fraction of sp³-hybridized carbons (Fsp3) is 0.571. The summed E-state index contributed by atoms with van der Waals surface area (Å²) < 4.78 is 0. The van der Waals surface area contributed by atoms with E-state index in [1.54, 1.807) is 0 Å². The standard InChI is InChI=1S/C14H19N/c1-11-4-2-5-13(10-11)14(12-6-7-12)8-3-9-15-14/h2,4-5,10,12,15H,3,6-9H2,1H3. The van der Waals surface area contributed by atoms with Crippen molar-refractivity contribution in [3.63, 3.8) is 0 Å². The molecule has 1 unspecified atom stereocenters. The van der Waals surface area contributed by atoms with E-state index in [0.717, 1.165) is 5.92 Å². The maximum Gasteiger partial charge on any atom is 0.0463 e. The Morgan fingerprint density at radius 3 is 2.80 bits per heavy atom. The summed E-state index contributed by atoms with van der Waals surface area (Å²) >= 11 is 0. The number of hydrogen-bond donors (Lipinski definition) is 1. The van der Waals surface area contributed by atoms with Gasteiger partial charge in [-0.25, -0.2) is 0 Å². The SMILES string of the molecule is Cc1cccc(C2(C3CC3)CCCN2)c1. The van der Waals surface area contributed by atoms with Gasteiger partial charge >= 0.3 is 0 Å². The lowest BCUT2D eigenvalue weighted by Gasteiger charge is -2.30. The van der Waals surface area contributed by atoms with Crippen LogP contribution in [0.15, 0.2) is 24.3 Å². The Bertz CT molecular complexity index is 359. The van der Waals surface area contributed by atoms with Crippen molar-refractivity contribution >= 4 is 0 Å². The van der Waals surface area contributed by atoms with Crippen LogP contribution >= 0.6 is 0 Å². The van der Waals surface area contributed by atoms with E-state index in [1.807, 2.05) is 0 Å². The lowest BCUT2D eigenvalue weighted by Crippen LogP contribution is -2.39. The van der Waals surface area contributed by atoms with Gasteiger partial charge in [0.2, 0.25) is 0 Å². The van der Waals surface area contributed by atoms with Crippen molar-refractivity contribution in [1.82, 2.24) is 5.32 Å². The van der Waals surface area contributed by atoms with Crippen LogP contribution in [0.5, 0.6) is 0 Å². The first-order chi connectivity index (χ1) is 7.31. The zero-order chi connectivity index (χ0) is 10.3. The van der Waals surface area contributed by atoms with Gasteiger partial charge in [0.25, 0.3) is 0 Å². The number of hydrogen-bond acceptors (Lipinski definition) is 1. The third kappa shape index (κ3) is 1.50. The van der Waals surface area contributed by atoms with E-state index >= 15 is 0 Å². The van der Waals surface area contributed by atoms with Crippen molar-refractivity contribution in [1.29, 1.82) is 0 Å². The Morgan fingerprint density at radius 1 is 1.33 bits per heavy atom. The van der Waals surface area contributed by atoms with E-state index in [1.165, 1.54) is 43.4 Å². The summed E-state index contributed by atoms with van der Waals surface area (Å²) in [6.45, 7) is 3.39. The van der Waals surface area contributed by atoms with Gasteiger partial charge in [0.1, 0.15) is 0 Å². The van der Waals surface area contributed by atoms with E-state index in [2.05, 4.69) is 36.5 Å². The van der Waals surface area contributed by atoms with Crippen LogP contribution in [-0.2, 0) is 5.54 Å². The molecule has 1 saturated heterocycles. The van der Waals surface area contributed by atoms with Crippen molar-refractivity contribution in [3.05, 3.63) is 35.4 Å². The number of benzene rings is 1. The molecule has 1 N–H and O–H groups in total. The molecule has 3 rings (SSSR count). The number of rotatable bonds is 2. The minimum Gasteiger partial charge on any atom is -0.307 e. The topological polar surface area (TPSA) is 12.0 Å². The molecule has 1 aromatic carbocycles. The molecule has 1 heterocycles. The summed E-state index contributed by atoms with van der Waals surface area (Å²) in [5.41, 5.74) is 3.26. The van der Waals surface area contributed by atoms with Gasteiger partial charge in [-0.05, 0) is 50.6 Å². The molecule has 2 fully saturated rings.